The maximum Gasteiger partial charge on any atom is 0.119 e. The van der Waals surface area contributed by atoms with Crippen molar-refractivity contribution in [2.75, 3.05) is 12.0 Å². The minimum absolute atomic E-state index is 0.224. The Kier molecular flexibility index (Phi) is 5.06. The number of hydrogen-bond donors (Lipinski definition) is 0. The fourth-order valence-corrected chi connectivity index (χ4v) is 3.47. The molecule has 136 valence electrons. The number of benzene rings is 3. The average molecular weight is 397 g/mol. The second-order valence-electron chi connectivity index (χ2n) is 6.34. The van der Waals surface area contributed by atoms with Crippen LogP contribution in [-0.2, 0) is 0 Å². The Bertz CT molecular complexity index is 951. The van der Waals surface area contributed by atoms with Gasteiger partial charge in [0.1, 0.15) is 11.6 Å². The van der Waals surface area contributed by atoms with Crippen LogP contribution in [0, 0.1) is 0 Å². The van der Waals surface area contributed by atoms with Crippen molar-refractivity contribution in [1.82, 2.24) is 0 Å². The molecule has 1 unspecified atom stereocenters. The van der Waals surface area contributed by atoms with Gasteiger partial charge in [0.25, 0.3) is 0 Å². The third kappa shape index (κ3) is 3.80. The Morgan fingerprint density at radius 2 is 1.44 bits per heavy atom. The minimum atomic E-state index is 0.224. The molecule has 1 atom stereocenters. The molecule has 3 nitrogen and oxygen atoms in total. The molecular formula is C22H18Cl2N2O. The lowest BCUT2D eigenvalue weighted by Crippen LogP contribution is -2.46. The minimum Gasteiger partial charge on any atom is -0.497 e. The number of rotatable bonds is 4. The zero-order valence-electron chi connectivity index (χ0n) is 14.8. The van der Waals surface area contributed by atoms with Gasteiger partial charge in [-0.2, -0.15) is 0 Å². The summed E-state index contributed by atoms with van der Waals surface area (Å²) in [5.74, 6) is 1.85. The summed E-state index contributed by atoms with van der Waals surface area (Å²) < 4.78 is 5.28. The van der Waals surface area contributed by atoms with Crippen molar-refractivity contribution in [3.63, 3.8) is 0 Å². The molecule has 0 bridgehead atoms. The van der Waals surface area contributed by atoms with Crippen LogP contribution in [0.5, 0.6) is 5.75 Å². The van der Waals surface area contributed by atoms with Crippen molar-refractivity contribution in [2.24, 2.45) is 4.99 Å². The predicted molar refractivity (Wildman–Crippen MR) is 113 cm³/mol. The van der Waals surface area contributed by atoms with Crippen molar-refractivity contribution in [3.8, 4) is 5.75 Å². The van der Waals surface area contributed by atoms with E-state index in [-0.39, 0.29) is 6.04 Å². The molecule has 1 saturated heterocycles. The van der Waals surface area contributed by atoms with Crippen molar-refractivity contribution in [1.29, 1.82) is 0 Å². The summed E-state index contributed by atoms with van der Waals surface area (Å²) in [4.78, 5) is 7.07. The summed E-state index contributed by atoms with van der Waals surface area (Å²) in [5, 5.41) is 1.45. The normalized spacial score (nSPS) is 17.7. The molecule has 0 N–H and O–H groups in total. The highest BCUT2D eigenvalue weighted by Crippen LogP contribution is 2.41. The summed E-state index contributed by atoms with van der Waals surface area (Å²) in [6.07, 6.45) is 0.857. The van der Waals surface area contributed by atoms with E-state index in [1.807, 2.05) is 48.5 Å². The molecule has 3 aromatic rings. The second-order valence-corrected chi connectivity index (χ2v) is 7.22. The summed E-state index contributed by atoms with van der Waals surface area (Å²) in [7, 11) is 1.67. The number of halogens is 2. The first kappa shape index (κ1) is 17.9. The van der Waals surface area contributed by atoms with Crippen molar-refractivity contribution < 1.29 is 4.74 Å². The molecule has 0 aliphatic carbocycles. The quantitative estimate of drug-likeness (QED) is 0.490. The highest BCUT2D eigenvalue weighted by atomic mass is 35.5. The van der Waals surface area contributed by atoms with E-state index in [1.165, 1.54) is 5.56 Å². The first-order valence-corrected chi connectivity index (χ1v) is 9.41. The molecule has 1 fully saturated rings. The number of aliphatic imine (C=N–C) groups is 1. The second kappa shape index (κ2) is 7.63. The smallest absolute Gasteiger partial charge is 0.119 e. The zero-order chi connectivity index (χ0) is 18.8. The topological polar surface area (TPSA) is 24.8 Å². The Morgan fingerprint density at radius 1 is 0.852 bits per heavy atom. The molecule has 27 heavy (non-hydrogen) atoms. The molecule has 0 saturated carbocycles. The number of anilines is 1. The van der Waals surface area contributed by atoms with E-state index in [4.69, 9.17) is 32.9 Å². The molecule has 5 heteroatoms. The highest BCUT2D eigenvalue weighted by molar-refractivity contribution is 6.30. The third-order valence-electron chi connectivity index (χ3n) is 4.66. The fraction of sp³-hybridized carbons (Fsp3) is 0.136. The molecular weight excluding hydrogens is 379 g/mol. The van der Waals surface area contributed by atoms with Crippen LogP contribution in [0.25, 0.3) is 0 Å². The van der Waals surface area contributed by atoms with Crippen LogP contribution in [0.1, 0.15) is 18.0 Å². The summed E-state index contributed by atoms with van der Waals surface area (Å²) in [6.45, 7) is 0. The van der Waals surface area contributed by atoms with Crippen LogP contribution >= 0.6 is 23.2 Å². The van der Waals surface area contributed by atoms with Crippen LogP contribution in [0.2, 0.25) is 10.0 Å². The van der Waals surface area contributed by atoms with E-state index in [1.54, 1.807) is 7.11 Å². The van der Waals surface area contributed by atoms with Crippen LogP contribution in [0.3, 0.4) is 0 Å². The number of methoxy groups -OCH3 is 1. The molecule has 1 heterocycles. The van der Waals surface area contributed by atoms with Crippen LogP contribution in [0.15, 0.2) is 77.8 Å². The molecule has 4 rings (SSSR count). The van der Waals surface area contributed by atoms with Gasteiger partial charge in [-0.15, -0.1) is 0 Å². The SMILES string of the molecule is COc1ccc(N2C(=Nc3ccc(Cl)cc3)CC2c2ccc(Cl)cc2)cc1. The predicted octanol–water partition coefficient (Wildman–Crippen LogP) is 6.68. The lowest BCUT2D eigenvalue weighted by atomic mass is 9.92. The lowest BCUT2D eigenvalue weighted by Gasteiger charge is -2.44. The molecule has 0 aromatic heterocycles. The number of nitrogens with zero attached hydrogens (tertiary/aromatic N) is 2. The summed E-state index contributed by atoms with van der Waals surface area (Å²) in [5.41, 5.74) is 3.18. The fourth-order valence-electron chi connectivity index (χ4n) is 3.22. The maximum atomic E-state index is 6.05. The largest absolute Gasteiger partial charge is 0.497 e. The maximum absolute atomic E-state index is 6.05. The van der Waals surface area contributed by atoms with Gasteiger partial charge in [0.05, 0.1) is 18.8 Å². The van der Waals surface area contributed by atoms with Gasteiger partial charge < -0.3 is 9.64 Å². The molecule has 0 spiro atoms. The van der Waals surface area contributed by atoms with Crippen molar-refractivity contribution in [3.05, 3.63) is 88.4 Å². The van der Waals surface area contributed by atoms with E-state index >= 15 is 0 Å². The third-order valence-corrected chi connectivity index (χ3v) is 5.16. The monoisotopic (exact) mass is 396 g/mol. The van der Waals surface area contributed by atoms with Gasteiger partial charge in [-0.1, -0.05) is 35.3 Å². The highest BCUT2D eigenvalue weighted by Gasteiger charge is 2.36. The Hall–Kier alpha value is -2.49. The molecule has 1 aliphatic rings. The van der Waals surface area contributed by atoms with Crippen molar-refractivity contribution >= 4 is 40.4 Å². The van der Waals surface area contributed by atoms with Crippen molar-refractivity contribution in [2.45, 2.75) is 12.5 Å². The van der Waals surface area contributed by atoms with E-state index < -0.39 is 0 Å². The van der Waals surface area contributed by atoms with Crippen LogP contribution in [-0.4, -0.2) is 12.9 Å². The number of amidine groups is 1. The van der Waals surface area contributed by atoms with Gasteiger partial charge >= 0.3 is 0 Å². The van der Waals surface area contributed by atoms with Gasteiger partial charge in [-0.25, -0.2) is 4.99 Å². The van der Waals surface area contributed by atoms with Gasteiger partial charge in [-0.3, -0.25) is 0 Å². The molecule has 0 radical (unpaired) electrons. The lowest BCUT2D eigenvalue weighted by molar-refractivity contribution is 0.415. The standard InChI is InChI=1S/C22H18Cl2N2O/c1-27-20-12-10-19(11-13-20)26-21(15-2-4-16(23)5-3-15)14-22(26)25-18-8-6-17(24)7-9-18/h2-13,21H,14H2,1H3. The average Bonchev–Trinajstić information content (AvgIpc) is 2.68. The summed E-state index contributed by atoms with van der Waals surface area (Å²) in [6, 6.07) is 23.8. The zero-order valence-corrected chi connectivity index (χ0v) is 16.3. The molecule has 0 amide bonds. The number of ether oxygens (including phenoxy) is 1. The van der Waals surface area contributed by atoms with E-state index in [0.29, 0.717) is 5.02 Å². The Labute approximate surface area is 168 Å². The first-order valence-electron chi connectivity index (χ1n) is 8.66. The Balaban J connectivity index is 1.69. The molecule has 1 aliphatic heterocycles. The van der Waals surface area contributed by atoms with E-state index in [2.05, 4.69) is 29.2 Å². The number of hydrogen-bond acceptors (Lipinski definition) is 2. The first-order chi connectivity index (χ1) is 13.1. The Morgan fingerprint density at radius 3 is 2.04 bits per heavy atom. The van der Waals surface area contributed by atoms with Crippen LogP contribution in [0.4, 0.5) is 11.4 Å². The molecule has 3 aromatic carbocycles. The summed E-state index contributed by atoms with van der Waals surface area (Å²) >= 11 is 12.0. The van der Waals surface area contributed by atoms with Gasteiger partial charge in [0.2, 0.25) is 0 Å². The van der Waals surface area contributed by atoms with Gasteiger partial charge in [0, 0.05) is 22.2 Å². The van der Waals surface area contributed by atoms with Crippen LogP contribution < -0.4 is 9.64 Å². The van der Waals surface area contributed by atoms with Gasteiger partial charge in [0.15, 0.2) is 0 Å². The van der Waals surface area contributed by atoms with E-state index in [0.717, 1.165) is 34.4 Å². The van der Waals surface area contributed by atoms with Gasteiger partial charge in [-0.05, 0) is 66.2 Å². The van der Waals surface area contributed by atoms with E-state index in [9.17, 15) is 0 Å².